The highest BCUT2D eigenvalue weighted by Gasteiger charge is 2.08. The number of methoxy groups -OCH3 is 1. The number of aromatic nitrogens is 1. The van der Waals surface area contributed by atoms with Crippen molar-refractivity contribution in [1.29, 1.82) is 0 Å². The molecule has 0 aliphatic heterocycles. The number of H-pyrrole nitrogens is 1. The van der Waals surface area contributed by atoms with Gasteiger partial charge in [-0.2, -0.15) is 0 Å². The zero-order chi connectivity index (χ0) is 14.1. The Kier molecular flexibility index (Phi) is 3.32. The van der Waals surface area contributed by atoms with E-state index in [0.717, 1.165) is 32.3 Å². The Bertz CT molecular complexity index is 822. The lowest BCUT2D eigenvalue weighted by atomic mass is 10.0. The SMILES string of the molecule is COc1cc2ccc(=O)[nH]c2cc1-c1ccc(Br)cc1. The largest absolute Gasteiger partial charge is 0.496 e. The lowest BCUT2D eigenvalue weighted by Crippen LogP contribution is -2.02. The van der Waals surface area contributed by atoms with Crippen molar-refractivity contribution in [2.24, 2.45) is 0 Å². The molecule has 0 aliphatic rings. The first-order valence-electron chi connectivity index (χ1n) is 6.14. The molecule has 3 aromatic rings. The van der Waals surface area contributed by atoms with E-state index in [-0.39, 0.29) is 5.56 Å². The first-order chi connectivity index (χ1) is 9.67. The fourth-order valence-electron chi connectivity index (χ4n) is 2.21. The molecule has 1 aromatic heterocycles. The smallest absolute Gasteiger partial charge is 0.248 e. The standard InChI is InChI=1S/C16H12BrNO2/c1-20-15-8-11-4-7-16(19)18-14(11)9-13(15)10-2-5-12(17)6-3-10/h2-9H,1H3,(H,18,19). The highest BCUT2D eigenvalue weighted by Crippen LogP contribution is 2.33. The molecule has 0 spiro atoms. The monoisotopic (exact) mass is 329 g/mol. The number of hydrogen-bond acceptors (Lipinski definition) is 2. The molecular weight excluding hydrogens is 318 g/mol. The summed E-state index contributed by atoms with van der Waals surface area (Å²) in [5, 5.41) is 0.947. The average Bonchev–Trinajstić information content (AvgIpc) is 2.46. The van der Waals surface area contributed by atoms with Crippen LogP contribution >= 0.6 is 15.9 Å². The van der Waals surface area contributed by atoms with Crippen molar-refractivity contribution in [3.05, 3.63) is 63.4 Å². The van der Waals surface area contributed by atoms with Crippen molar-refractivity contribution < 1.29 is 4.74 Å². The molecule has 1 N–H and O–H groups in total. The van der Waals surface area contributed by atoms with Gasteiger partial charge in [-0.3, -0.25) is 4.79 Å². The number of ether oxygens (including phenoxy) is 1. The quantitative estimate of drug-likeness (QED) is 0.773. The minimum atomic E-state index is -0.107. The minimum absolute atomic E-state index is 0.107. The van der Waals surface area contributed by atoms with Crippen molar-refractivity contribution >= 4 is 26.8 Å². The normalized spacial score (nSPS) is 10.7. The molecule has 0 radical (unpaired) electrons. The Hall–Kier alpha value is -2.07. The molecule has 0 bridgehead atoms. The molecule has 20 heavy (non-hydrogen) atoms. The van der Waals surface area contributed by atoms with Gasteiger partial charge in [0.2, 0.25) is 5.56 Å². The van der Waals surface area contributed by atoms with Crippen LogP contribution in [0.5, 0.6) is 5.75 Å². The van der Waals surface area contributed by atoms with Crippen molar-refractivity contribution in [2.45, 2.75) is 0 Å². The van der Waals surface area contributed by atoms with Gasteiger partial charge in [-0.25, -0.2) is 0 Å². The van der Waals surface area contributed by atoms with Crippen LogP contribution in [0.15, 0.2) is 57.8 Å². The zero-order valence-corrected chi connectivity index (χ0v) is 12.4. The first-order valence-corrected chi connectivity index (χ1v) is 6.94. The van der Waals surface area contributed by atoms with Crippen LogP contribution in [0.25, 0.3) is 22.0 Å². The van der Waals surface area contributed by atoms with Crippen LogP contribution < -0.4 is 10.3 Å². The predicted octanol–water partition coefficient (Wildman–Crippen LogP) is 3.97. The lowest BCUT2D eigenvalue weighted by molar-refractivity contribution is 0.417. The summed E-state index contributed by atoms with van der Waals surface area (Å²) in [6.45, 7) is 0. The molecule has 4 heteroatoms. The number of pyridine rings is 1. The molecule has 0 amide bonds. The number of aromatic amines is 1. The molecule has 2 aromatic carbocycles. The number of hydrogen-bond donors (Lipinski definition) is 1. The highest BCUT2D eigenvalue weighted by atomic mass is 79.9. The molecule has 0 unspecified atom stereocenters. The maximum Gasteiger partial charge on any atom is 0.248 e. The Balaban J connectivity index is 2.27. The summed E-state index contributed by atoms with van der Waals surface area (Å²) in [6, 6.07) is 15.2. The number of benzene rings is 2. The van der Waals surface area contributed by atoms with E-state index in [0.29, 0.717) is 0 Å². The van der Waals surface area contributed by atoms with E-state index in [2.05, 4.69) is 20.9 Å². The topological polar surface area (TPSA) is 42.1 Å². The molecule has 0 saturated heterocycles. The third-order valence-corrected chi connectivity index (χ3v) is 3.73. The van der Waals surface area contributed by atoms with Gasteiger partial charge >= 0.3 is 0 Å². The fourth-order valence-corrected chi connectivity index (χ4v) is 2.47. The summed E-state index contributed by atoms with van der Waals surface area (Å²) in [5.74, 6) is 0.784. The Labute approximate surface area is 124 Å². The second-order valence-electron chi connectivity index (χ2n) is 4.47. The third kappa shape index (κ3) is 2.34. The van der Waals surface area contributed by atoms with E-state index < -0.39 is 0 Å². The molecule has 3 rings (SSSR count). The van der Waals surface area contributed by atoms with Gasteiger partial charge in [-0.05, 0) is 35.9 Å². The summed E-state index contributed by atoms with van der Waals surface area (Å²) in [5.41, 5.74) is 2.69. The minimum Gasteiger partial charge on any atom is -0.496 e. The summed E-state index contributed by atoms with van der Waals surface area (Å²) in [4.78, 5) is 14.3. The van der Waals surface area contributed by atoms with Crippen LogP contribution in [-0.2, 0) is 0 Å². The molecule has 0 atom stereocenters. The number of nitrogens with one attached hydrogen (secondary N) is 1. The molecule has 0 fully saturated rings. The third-order valence-electron chi connectivity index (χ3n) is 3.20. The molecule has 0 aliphatic carbocycles. The maximum absolute atomic E-state index is 11.4. The van der Waals surface area contributed by atoms with Gasteiger partial charge < -0.3 is 9.72 Å². The van der Waals surface area contributed by atoms with Gasteiger partial charge in [-0.1, -0.05) is 28.1 Å². The zero-order valence-electron chi connectivity index (χ0n) is 10.8. The number of fused-ring (bicyclic) bond motifs is 1. The van der Waals surface area contributed by atoms with Crippen LogP contribution in [0.1, 0.15) is 0 Å². The van der Waals surface area contributed by atoms with Crippen LogP contribution in [0.2, 0.25) is 0 Å². The summed E-state index contributed by atoms with van der Waals surface area (Å²) < 4.78 is 6.49. The van der Waals surface area contributed by atoms with Gasteiger partial charge in [0.25, 0.3) is 0 Å². The fraction of sp³-hybridized carbons (Fsp3) is 0.0625. The van der Waals surface area contributed by atoms with E-state index >= 15 is 0 Å². The lowest BCUT2D eigenvalue weighted by Gasteiger charge is -2.10. The van der Waals surface area contributed by atoms with Gasteiger partial charge in [0, 0.05) is 27.0 Å². The first kappa shape index (κ1) is 12.9. The van der Waals surface area contributed by atoms with Gasteiger partial charge in [0.15, 0.2) is 0 Å². The van der Waals surface area contributed by atoms with Gasteiger partial charge in [0.1, 0.15) is 5.75 Å². The van der Waals surface area contributed by atoms with Crippen molar-refractivity contribution in [2.75, 3.05) is 7.11 Å². The Morgan fingerprint density at radius 2 is 1.80 bits per heavy atom. The Morgan fingerprint density at radius 3 is 2.50 bits per heavy atom. The van der Waals surface area contributed by atoms with Crippen LogP contribution in [0.3, 0.4) is 0 Å². The highest BCUT2D eigenvalue weighted by molar-refractivity contribution is 9.10. The number of halogens is 1. The maximum atomic E-state index is 11.4. The summed E-state index contributed by atoms with van der Waals surface area (Å²) in [7, 11) is 1.65. The Morgan fingerprint density at radius 1 is 1.05 bits per heavy atom. The second-order valence-corrected chi connectivity index (χ2v) is 5.38. The predicted molar refractivity (Wildman–Crippen MR) is 84.3 cm³/mol. The van der Waals surface area contributed by atoms with E-state index in [1.807, 2.05) is 36.4 Å². The van der Waals surface area contributed by atoms with E-state index in [4.69, 9.17) is 4.74 Å². The van der Waals surface area contributed by atoms with E-state index in [9.17, 15) is 4.79 Å². The van der Waals surface area contributed by atoms with Crippen LogP contribution in [0, 0.1) is 0 Å². The second kappa shape index (κ2) is 5.13. The average molecular weight is 330 g/mol. The van der Waals surface area contributed by atoms with Crippen LogP contribution in [0.4, 0.5) is 0 Å². The number of rotatable bonds is 2. The van der Waals surface area contributed by atoms with E-state index in [1.165, 1.54) is 6.07 Å². The molecule has 1 heterocycles. The van der Waals surface area contributed by atoms with Crippen molar-refractivity contribution in [1.82, 2.24) is 4.98 Å². The van der Waals surface area contributed by atoms with Crippen LogP contribution in [-0.4, -0.2) is 12.1 Å². The van der Waals surface area contributed by atoms with Gasteiger partial charge in [0.05, 0.1) is 7.11 Å². The molecule has 3 nitrogen and oxygen atoms in total. The summed E-state index contributed by atoms with van der Waals surface area (Å²) in [6.07, 6.45) is 0. The van der Waals surface area contributed by atoms with Gasteiger partial charge in [-0.15, -0.1) is 0 Å². The molecule has 100 valence electrons. The molecule has 0 saturated carbocycles. The van der Waals surface area contributed by atoms with Crippen molar-refractivity contribution in [3.63, 3.8) is 0 Å². The van der Waals surface area contributed by atoms with E-state index in [1.54, 1.807) is 13.2 Å². The molecular formula is C16H12BrNO2. The van der Waals surface area contributed by atoms with Crippen molar-refractivity contribution in [3.8, 4) is 16.9 Å². The summed E-state index contributed by atoms with van der Waals surface area (Å²) >= 11 is 3.42.